The molecule has 1 unspecified atom stereocenters. The van der Waals surface area contributed by atoms with Gasteiger partial charge < -0.3 is 14.4 Å². The van der Waals surface area contributed by atoms with Crippen molar-refractivity contribution in [1.29, 1.82) is 0 Å². The quantitative estimate of drug-likeness (QED) is 0.809. The first kappa shape index (κ1) is 17.0. The lowest BCUT2D eigenvalue weighted by molar-refractivity contribution is -0.135. The number of hydrogen-bond donors (Lipinski definition) is 0. The molecule has 1 rings (SSSR count). The van der Waals surface area contributed by atoms with Gasteiger partial charge in [-0.2, -0.15) is 0 Å². The third kappa shape index (κ3) is 3.74. The largest absolute Gasteiger partial charge is 0.497 e. The summed E-state index contributed by atoms with van der Waals surface area (Å²) in [6.45, 7) is 7.80. The van der Waals surface area contributed by atoms with Crippen molar-refractivity contribution in [2.45, 2.75) is 33.3 Å². The van der Waals surface area contributed by atoms with Crippen LogP contribution in [0, 0.1) is 0 Å². The van der Waals surface area contributed by atoms with Gasteiger partial charge in [0.25, 0.3) is 0 Å². The highest BCUT2D eigenvalue weighted by Gasteiger charge is 2.37. The number of methoxy groups -OCH3 is 1. The van der Waals surface area contributed by atoms with Gasteiger partial charge in [-0.05, 0) is 39.8 Å². The lowest BCUT2D eigenvalue weighted by Gasteiger charge is -2.30. The Hall–Kier alpha value is -2.04. The fourth-order valence-corrected chi connectivity index (χ4v) is 1.97. The van der Waals surface area contributed by atoms with Crippen molar-refractivity contribution in [2.24, 2.45) is 0 Å². The Morgan fingerprint density at radius 3 is 2.33 bits per heavy atom. The number of nitrogens with zero attached hydrogens (tertiary/aromatic N) is 1. The van der Waals surface area contributed by atoms with Gasteiger partial charge in [-0.25, -0.2) is 4.79 Å². The number of carbonyl (C=O) groups is 2. The maximum Gasteiger partial charge on any atom is 0.411 e. The fourth-order valence-electron chi connectivity index (χ4n) is 1.97. The normalized spacial score (nSPS) is 13.2. The molecule has 0 fully saturated rings. The van der Waals surface area contributed by atoms with Crippen molar-refractivity contribution in [3.63, 3.8) is 0 Å². The molecule has 0 aliphatic rings. The molecule has 0 heterocycles. The molecule has 1 aromatic rings. The van der Waals surface area contributed by atoms with E-state index in [1.807, 2.05) is 13.8 Å². The molecule has 1 amide bonds. The third-order valence-electron chi connectivity index (χ3n) is 3.61. The maximum atomic E-state index is 12.2. The number of amides is 1. The number of benzene rings is 1. The Labute approximate surface area is 125 Å². The van der Waals surface area contributed by atoms with Gasteiger partial charge in [0.2, 0.25) is 0 Å². The van der Waals surface area contributed by atoms with Crippen LogP contribution < -0.4 is 4.74 Å². The van der Waals surface area contributed by atoms with E-state index in [-0.39, 0.29) is 5.78 Å². The van der Waals surface area contributed by atoms with Gasteiger partial charge in [-0.15, -0.1) is 0 Å². The van der Waals surface area contributed by atoms with Gasteiger partial charge in [0, 0.05) is 18.7 Å². The first-order valence-electron chi connectivity index (χ1n) is 7.02. The highest BCUT2D eigenvalue weighted by atomic mass is 16.6. The molecule has 0 bridgehead atoms. The maximum absolute atomic E-state index is 12.2. The zero-order valence-corrected chi connectivity index (χ0v) is 13.3. The van der Waals surface area contributed by atoms with Crippen LogP contribution in [0.15, 0.2) is 24.3 Å². The average molecular weight is 293 g/mol. The summed E-state index contributed by atoms with van der Waals surface area (Å²) in [7, 11) is 1.55. The van der Waals surface area contributed by atoms with E-state index in [1.165, 1.54) is 11.8 Å². The van der Waals surface area contributed by atoms with Crippen LogP contribution in [0.1, 0.15) is 33.3 Å². The number of ketones is 1. The smallest absolute Gasteiger partial charge is 0.411 e. The molecule has 0 spiro atoms. The molecule has 0 aromatic heterocycles. The minimum Gasteiger partial charge on any atom is -0.497 e. The summed E-state index contributed by atoms with van der Waals surface area (Å²) >= 11 is 0. The van der Waals surface area contributed by atoms with Crippen LogP contribution in [0.4, 0.5) is 4.79 Å². The van der Waals surface area contributed by atoms with Crippen LogP contribution in [0.5, 0.6) is 5.75 Å². The standard InChI is InChI=1S/C16H23NO4/c1-6-17(7-2)15(19)21-16(4,12(3)18)13-9-8-10-14(11-13)20-5/h8-11H,6-7H2,1-5H3. The van der Waals surface area contributed by atoms with Gasteiger partial charge in [0.15, 0.2) is 11.4 Å². The van der Waals surface area contributed by atoms with E-state index in [4.69, 9.17) is 9.47 Å². The zero-order chi connectivity index (χ0) is 16.0. The number of Topliss-reactive ketones (excluding diaryl/α,β-unsaturated/α-hetero) is 1. The summed E-state index contributed by atoms with van der Waals surface area (Å²) in [5.41, 5.74) is -0.733. The first-order valence-corrected chi connectivity index (χ1v) is 7.02. The molecular formula is C16H23NO4. The van der Waals surface area contributed by atoms with Crippen molar-refractivity contribution in [1.82, 2.24) is 4.90 Å². The van der Waals surface area contributed by atoms with Crippen molar-refractivity contribution in [3.05, 3.63) is 29.8 Å². The molecular weight excluding hydrogens is 270 g/mol. The molecule has 0 N–H and O–H groups in total. The SMILES string of the molecule is CCN(CC)C(=O)OC(C)(C(C)=O)c1cccc(OC)c1. The van der Waals surface area contributed by atoms with Crippen LogP contribution in [0.2, 0.25) is 0 Å². The Morgan fingerprint density at radius 1 is 1.24 bits per heavy atom. The zero-order valence-electron chi connectivity index (χ0n) is 13.3. The van der Waals surface area contributed by atoms with Gasteiger partial charge in [0.05, 0.1) is 7.11 Å². The molecule has 5 nitrogen and oxygen atoms in total. The molecule has 0 radical (unpaired) electrons. The molecule has 5 heteroatoms. The summed E-state index contributed by atoms with van der Waals surface area (Å²) < 4.78 is 10.7. The highest BCUT2D eigenvalue weighted by Crippen LogP contribution is 2.30. The van der Waals surface area contributed by atoms with E-state index in [1.54, 1.807) is 38.3 Å². The highest BCUT2D eigenvalue weighted by molar-refractivity contribution is 5.88. The number of ether oxygens (including phenoxy) is 2. The lowest BCUT2D eigenvalue weighted by atomic mass is 9.92. The van der Waals surface area contributed by atoms with Crippen LogP contribution in [0.25, 0.3) is 0 Å². The Balaban J connectivity index is 3.13. The van der Waals surface area contributed by atoms with Crippen molar-refractivity contribution < 1.29 is 19.1 Å². The summed E-state index contributed by atoms with van der Waals surface area (Å²) in [4.78, 5) is 25.8. The van der Waals surface area contributed by atoms with E-state index >= 15 is 0 Å². The molecule has 0 saturated heterocycles. The molecule has 1 atom stereocenters. The number of carbonyl (C=O) groups excluding carboxylic acids is 2. The van der Waals surface area contributed by atoms with Gasteiger partial charge in [0.1, 0.15) is 5.75 Å². The second-order valence-corrected chi connectivity index (χ2v) is 4.86. The Bertz CT molecular complexity index is 511. The van der Waals surface area contributed by atoms with Crippen molar-refractivity contribution >= 4 is 11.9 Å². The van der Waals surface area contributed by atoms with Crippen LogP contribution in [0.3, 0.4) is 0 Å². The minimum atomic E-state index is -1.33. The monoisotopic (exact) mass is 293 g/mol. The molecule has 0 aliphatic carbocycles. The number of hydrogen-bond acceptors (Lipinski definition) is 4. The topological polar surface area (TPSA) is 55.8 Å². The molecule has 0 aliphatic heterocycles. The van der Waals surface area contributed by atoms with Crippen molar-refractivity contribution in [3.8, 4) is 5.75 Å². The second kappa shape index (κ2) is 7.11. The predicted molar refractivity (Wildman–Crippen MR) is 80.4 cm³/mol. The Kier molecular flexibility index (Phi) is 5.76. The molecule has 116 valence electrons. The van der Waals surface area contributed by atoms with Gasteiger partial charge >= 0.3 is 6.09 Å². The van der Waals surface area contributed by atoms with E-state index in [0.717, 1.165) is 0 Å². The summed E-state index contributed by atoms with van der Waals surface area (Å²) in [6.07, 6.45) is -0.500. The number of rotatable bonds is 6. The minimum absolute atomic E-state index is 0.240. The molecule has 21 heavy (non-hydrogen) atoms. The van der Waals surface area contributed by atoms with E-state index in [9.17, 15) is 9.59 Å². The third-order valence-corrected chi connectivity index (χ3v) is 3.61. The fraction of sp³-hybridized carbons (Fsp3) is 0.500. The van der Waals surface area contributed by atoms with Crippen LogP contribution >= 0.6 is 0 Å². The van der Waals surface area contributed by atoms with Crippen LogP contribution in [-0.2, 0) is 15.1 Å². The Morgan fingerprint density at radius 2 is 1.86 bits per heavy atom. The lowest BCUT2D eigenvalue weighted by Crippen LogP contribution is -2.41. The summed E-state index contributed by atoms with van der Waals surface area (Å²) in [5, 5.41) is 0. The summed E-state index contributed by atoms with van der Waals surface area (Å²) in [6, 6.07) is 6.99. The second-order valence-electron chi connectivity index (χ2n) is 4.86. The van der Waals surface area contributed by atoms with E-state index in [2.05, 4.69) is 0 Å². The van der Waals surface area contributed by atoms with E-state index < -0.39 is 11.7 Å². The van der Waals surface area contributed by atoms with Gasteiger partial charge in [-0.1, -0.05) is 12.1 Å². The van der Waals surface area contributed by atoms with Crippen LogP contribution in [-0.4, -0.2) is 37.0 Å². The molecule has 1 aromatic carbocycles. The average Bonchev–Trinajstić information content (AvgIpc) is 2.48. The summed E-state index contributed by atoms with van der Waals surface area (Å²) in [5.74, 6) is 0.370. The predicted octanol–water partition coefficient (Wildman–Crippen LogP) is 2.98. The van der Waals surface area contributed by atoms with Crippen molar-refractivity contribution in [2.75, 3.05) is 20.2 Å². The van der Waals surface area contributed by atoms with Gasteiger partial charge in [-0.3, -0.25) is 4.79 Å². The molecule has 0 saturated carbocycles. The van der Waals surface area contributed by atoms with E-state index in [0.29, 0.717) is 24.4 Å². The first-order chi connectivity index (χ1) is 9.88.